The maximum atomic E-state index is 11.8. The van der Waals surface area contributed by atoms with Crippen molar-refractivity contribution in [3.63, 3.8) is 0 Å². The summed E-state index contributed by atoms with van der Waals surface area (Å²) in [4.78, 5) is 25.0. The molecular formula is C34H45NO7. The van der Waals surface area contributed by atoms with Crippen LogP contribution in [-0.4, -0.2) is 67.2 Å². The molecule has 1 heterocycles. The molecule has 8 nitrogen and oxygen atoms in total. The van der Waals surface area contributed by atoms with E-state index in [0.29, 0.717) is 19.4 Å². The van der Waals surface area contributed by atoms with Gasteiger partial charge in [0.25, 0.3) is 0 Å². The van der Waals surface area contributed by atoms with Gasteiger partial charge in [-0.1, -0.05) is 55.0 Å². The van der Waals surface area contributed by atoms with E-state index in [-0.39, 0.29) is 31.3 Å². The van der Waals surface area contributed by atoms with Crippen LogP contribution >= 0.6 is 0 Å². The molecule has 228 valence electrons. The fourth-order valence-corrected chi connectivity index (χ4v) is 6.09. The molecule has 1 N–H and O–H groups in total. The highest BCUT2D eigenvalue weighted by atomic mass is 16.7. The third-order valence-electron chi connectivity index (χ3n) is 8.27. The summed E-state index contributed by atoms with van der Waals surface area (Å²) in [5.41, 5.74) is 3.39. The van der Waals surface area contributed by atoms with Crippen LogP contribution in [0.4, 0.5) is 0 Å². The molecule has 4 atom stereocenters. The molecule has 2 fully saturated rings. The second-order valence-electron chi connectivity index (χ2n) is 11.2. The van der Waals surface area contributed by atoms with Crippen LogP contribution in [0.25, 0.3) is 11.1 Å². The van der Waals surface area contributed by atoms with E-state index in [9.17, 15) is 14.7 Å². The van der Waals surface area contributed by atoms with Crippen LogP contribution in [0.5, 0.6) is 5.75 Å². The number of methoxy groups -OCH3 is 1. The van der Waals surface area contributed by atoms with Crippen molar-refractivity contribution in [3.05, 3.63) is 66.2 Å². The Morgan fingerprint density at radius 2 is 1.60 bits per heavy atom. The molecule has 1 aliphatic carbocycles. The summed E-state index contributed by atoms with van der Waals surface area (Å²) in [7, 11) is 1.67. The third kappa shape index (κ3) is 9.41. The number of ether oxygens (including phenoxy) is 4. The Labute approximate surface area is 249 Å². The lowest BCUT2D eigenvalue weighted by molar-refractivity contribution is -0.165. The summed E-state index contributed by atoms with van der Waals surface area (Å²) in [5, 5.41) is 11.2. The molecule has 0 aromatic heterocycles. The zero-order chi connectivity index (χ0) is 29.7. The lowest BCUT2D eigenvalue weighted by Crippen LogP contribution is -2.47. The minimum atomic E-state index is -0.479. The highest BCUT2D eigenvalue weighted by Gasteiger charge is 2.45. The van der Waals surface area contributed by atoms with Crippen LogP contribution in [-0.2, 0) is 30.4 Å². The number of hydrogen-bond acceptors (Lipinski definition) is 8. The summed E-state index contributed by atoms with van der Waals surface area (Å²) in [5.74, 6) is 0.200. The third-order valence-corrected chi connectivity index (χ3v) is 8.27. The molecule has 2 aromatic carbocycles. The molecule has 0 radical (unpaired) electrons. The van der Waals surface area contributed by atoms with Gasteiger partial charge >= 0.3 is 11.9 Å². The first-order valence-electron chi connectivity index (χ1n) is 15.2. The summed E-state index contributed by atoms with van der Waals surface area (Å²) in [6, 6.07) is 16.6. The predicted octanol–water partition coefficient (Wildman–Crippen LogP) is 5.66. The van der Waals surface area contributed by atoms with Crippen molar-refractivity contribution < 1.29 is 33.6 Å². The van der Waals surface area contributed by atoms with Gasteiger partial charge in [0, 0.05) is 31.7 Å². The van der Waals surface area contributed by atoms with Gasteiger partial charge in [-0.3, -0.25) is 14.5 Å². The molecular weight excluding hydrogens is 534 g/mol. The minimum Gasteiger partial charge on any atom is -0.497 e. The van der Waals surface area contributed by atoms with E-state index < -0.39 is 18.0 Å². The molecule has 1 saturated heterocycles. The summed E-state index contributed by atoms with van der Waals surface area (Å²) in [6.45, 7) is 3.50. The topological polar surface area (TPSA) is 94.5 Å². The number of benzene rings is 2. The van der Waals surface area contributed by atoms with Crippen LogP contribution in [0.2, 0.25) is 0 Å². The zero-order valence-corrected chi connectivity index (χ0v) is 24.9. The summed E-state index contributed by atoms with van der Waals surface area (Å²) in [6.07, 6.45) is 10.5. The molecule has 1 saturated carbocycles. The fraction of sp³-hybridized carbons (Fsp3) is 0.529. The molecule has 4 rings (SSSR count). The lowest BCUT2D eigenvalue weighted by atomic mass is 9.92. The van der Waals surface area contributed by atoms with Crippen molar-refractivity contribution in [2.24, 2.45) is 5.92 Å². The Morgan fingerprint density at radius 3 is 2.26 bits per heavy atom. The normalized spacial score (nSPS) is 22.7. The number of piperidine rings is 1. The van der Waals surface area contributed by atoms with E-state index in [0.717, 1.165) is 48.4 Å². The Hall–Kier alpha value is -3.20. The summed E-state index contributed by atoms with van der Waals surface area (Å²) >= 11 is 0. The Morgan fingerprint density at radius 1 is 0.929 bits per heavy atom. The van der Waals surface area contributed by atoms with Crippen molar-refractivity contribution in [1.82, 2.24) is 4.90 Å². The second kappa shape index (κ2) is 16.4. The van der Waals surface area contributed by atoms with Crippen LogP contribution in [0.15, 0.2) is 60.7 Å². The molecule has 2 aliphatic rings. The van der Waals surface area contributed by atoms with Crippen LogP contribution < -0.4 is 4.74 Å². The first-order chi connectivity index (χ1) is 20.4. The van der Waals surface area contributed by atoms with Crippen molar-refractivity contribution in [2.45, 2.75) is 83.1 Å². The van der Waals surface area contributed by atoms with Gasteiger partial charge in [0.1, 0.15) is 5.75 Å². The monoisotopic (exact) mass is 579 g/mol. The van der Waals surface area contributed by atoms with Gasteiger partial charge in [-0.05, 0) is 74.0 Å². The van der Waals surface area contributed by atoms with Crippen LogP contribution in [0.3, 0.4) is 0 Å². The lowest BCUT2D eigenvalue weighted by Gasteiger charge is -2.38. The maximum absolute atomic E-state index is 11.8. The molecule has 8 heteroatoms. The van der Waals surface area contributed by atoms with Crippen molar-refractivity contribution in [1.29, 1.82) is 0 Å². The van der Waals surface area contributed by atoms with E-state index in [1.807, 2.05) is 18.2 Å². The average Bonchev–Trinajstić information content (AvgIpc) is 3.32. The number of carbonyl (C=O) groups is 2. The second-order valence-corrected chi connectivity index (χ2v) is 11.2. The number of aliphatic hydroxyl groups excluding tert-OH is 1. The highest BCUT2D eigenvalue weighted by molar-refractivity contribution is 5.70. The SMILES string of the molecule is COc1ccc(-c2ccc(CO[C@H]3C[C@H](O)[C@H](N4CCCCC4)C3CC/C=C\CCC(=O)OCOC(C)=O)cc2)cc1. The van der Waals surface area contributed by atoms with Crippen LogP contribution in [0.1, 0.15) is 63.9 Å². The van der Waals surface area contributed by atoms with E-state index in [1.54, 1.807) is 7.11 Å². The largest absolute Gasteiger partial charge is 0.497 e. The molecule has 2 aromatic rings. The Balaban J connectivity index is 1.31. The van der Waals surface area contributed by atoms with Gasteiger partial charge in [0.2, 0.25) is 6.79 Å². The Bertz CT molecular complexity index is 1140. The fourth-order valence-electron chi connectivity index (χ4n) is 6.09. The van der Waals surface area contributed by atoms with E-state index >= 15 is 0 Å². The first kappa shape index (κ1) is 31.7. The average molecular weight is 580 g/mol. The maximum Gasteiger partial charge on any atom is 0.308 e. The number of allylic oxidation sites excluding steroid dienone is 2. The smallest absolute Gasteiger partial charge is 0.308 e. The molecule has 42 heavy (non-hydrogen) atoms. The van der Waals surface area contributed by atoms with Gasteiger partial charge in [-0.25, -0.2) is 0 Å². The van der Waals surface area contributed by atoms with Gasteiger partial charge < -0.3 is 24.1 Å². The van der Waals surface area contributed by atoms with Crippen molar-refractivity contribution >= 4 is 11.9 Å². The van der Waals surface area contributed by atoms with Crippen LogP contribution in [0, 0.1) is 5.92 Å². The number of aliphatic hydroxyl groups is 1. The molecule has 0 amide bonds. The molecule has 0 bridgehead atoms. The van der Waals surface area contributed by atoms with E-state index in [4.69, 9.17) is 14.2 Å². The van der Waals surface area contributed by atoms with Crippen molar-refractivity contribution in [3.8, 4) is 16.9 Å². The van der Waals surface area contributed by atoms with E-state index in [1.165, 1.54) is 26.2 Å². The van der Waals surface area contributed by atoms with Gasteiger partial charge in [0.15, 0.2) is 0 Å². The first-order valence-corrected chi connectivity index (χ1v) is 15.2. The number of rotatable bonds is 14. The number of carbonyl (C=O) groups excluding carboxylic acids is 2. The quantitative estimate of drug-likeness (QED) is 0.174. The number of hydrogen-bond donors (Lipinski definition) is 1. The Kier molecular flexibility index (Phi) is 12.4. The zero-order valence-electron chi connectivity index (χ0n) is 24.9. The predicted molar refractivity (Wildman–Crippen MR) is 161 cm³/mol. The van der Waals surface area contributed by atoms with Crippen molar-refractivity contribution in [2.75, 3.05) is 27.0 Å². The highest BCUT2D eigenvalue weighted by Crippen LogP contribution is 2.38. The standard InChI is InChI=1S/C34H45NO7/c1-25(36)41-24-42-33(38)11-7-4-3-6-10-30-32(22-31(37)34(30)35-20-8-5-9-21-35)40-23-26-12-14-27(15-13-26)28-16-18-29(39-2)19-17-28/h3-4,12-19,30-32,34,37H,5-11,20-24H2,1-2H3/b4-3-/t30?,31-,32-,34+/m0/s1. The molecule has 1 aliphatic heterocycles. The van der Waals surface area contributed by atoms with E-state index in [2.05, 4.69) is 52.1 Å². The number of nitrogens with zero attached hydrogens (tertiary/aromatic N) is 1. The molecule has 0 spiro atoms. The van der Waals surface area contributed by atoms with Gasteiger partial charge in [-0.2, -0.15) is 0 Å². The number of esters is 2. The number of likely N-dealkylation sites (tertiary alicyclic amines) is 1. The summed E-state index contributed by atoms with van der Waals surface area (Å²) < 4.78 is 21.3. The van der Waals surface area contributed by atoms with Gasteiger partial charge in [-0.15, -0.1) is 0 Å². The molecule has 1 unspecified atom stereocenters. The van der Waals surface area contributed by atoms with Gasteiger partial charge in [0.05, 0.1) is 25.9 Å². The minimum absolute atomic E-state index is 0.0159.